The third-order valence-corrected chi connectivity index (χ3v) is 5.57. The topological polar surface area (TPSA) is 63.1 Å². The molecule has 1 heterocycles. The molecule has 28 heavy (non-hydrogen) atoms. The molecule has 0 saturated heterocycles. The molecule has 146 valence electrons. The van der Waals surface area contributed by atoms with Crippen LogP contribution in [-0.4, -0.2) is 40.5 Å². The van der Waals surface area contributed by atoms with Crippen molar-refractivity contribution in [3.63, 3.8) is 0 Å². The normalized spacial score (nSPS) is 10.7. The highest BCUT2D eigenvalue weighted by atomic mass is 35.5. The molecule has 0 aliphatic rings. The highest BCUT2D eigenvalue weighted by Gasteiger charge is 2.14. The van der Waals surface area contributed by atoms with Crippen LogP contribution in [0.4, 0.5) is 5.69 Å². The zero-order chi connectivity index (χ0) is 20.1. The van der Waals surface area contributed by atoms with Crippen LogP contribution in [-0.2, 0) is 18.4 Å². The number of anilines is 1. The third kappa shape index (κ3) is 4.85. The van der Waals surface area contributed by atoms with Gasteiger partial charge in [-0.1, -0.05) is 47.6 Å². The van der Waals surface area contributed by atoms with Crippen molar-refractivity contribution in [2.45, 2.75) is 11.7 Å². The first-order valence-corrected chi connectivity index (χ1v) is 10.1. The molecule has 2 aromatic carbocycles. The fourth-order valence-corrected chi connectivity index (χ4v) is 3.57. The third-order valence-electron chi connectivity index (χ3n) is 4.22. The van der Waals surface area contributed by atoms with E-state index in [2.05, 4.69) is 15.5 Å². The van der Waals surface area contributed by atoms with Crippen molar-refractivity contribution < 1.29 is 4.79 Å². The van der Waals surface area contributed by atoms with Gasteiger partial charge in [0.2, 0.25) is 5.91 Å². The number of hydrogen-bond donors (Lipinski definition) is 1. The minimum Gasteiger partial charge on any atom is -0.378 e. The van der Waals surface area contributed by atoms with Crippen molar-refractivity contribution in [2.24, 2.45) is 7.05 Å². The van der Waals surface area contributed by atoms with Crippen molar-refractivity contribution in [1.82, 2.24) is 20.1 Å². The summed E-state index contributed by atoms with van der Waals surface area (Å²) in [5, 5.41) is 12.6. The van der Waals surface area contributed by atoms with Crippen LogP contribution >= 0.6 is 23.4 Å². The lowest BCUT2D eigenvalue weighted by molar-refractivity contribution is -0.118. The summed E-state index contributed by atoms with van der Waals surface area (Å²) >= 11 is 7.58. The van der Waals surface area contributed by atoms with Gasteiger partial charge in [0.05, 0.1) is 10.8 Å². The molecule has 0 atom stereocenters. The van der Waals surface area contributed by atoms with Crippen molar-refractivity contribution in [3.05, 3.63) is 59.1 Å². The van der Waals surface area contributed by atoms with E-state index in [4.69, 9.17) is 11.6 Å². The first-order valence-electron chi connectivity index (χ1n) is 8.75. The highest BCUT2D eigenvalue weighted by Crippen LogP contribution is 2.28. The fraction of sp³-hybridized carbons (Fsp3) is 0.250. The van der Waals surface area contributed by atoms with E-state index < -0.39 is 0 Å². The van der Waals surface area contributed by atoms with E-state index in [-0.39, 0.29) is 11.7 Å². The molecule has 0 radical (unpaired) electrons. The lowest BCUT2D eigenvalue weighted by Crippen LogP contribution is -2.24. The summed E-state index contributed by atoms with van der Waals surface area (Å²) in [6.45, 7) is 0.497. The largest absolute Gasteiger partial charge is 0.378 e. The van der Waals surface area contributed by atoms with Crippen molar-refractivity contribution >= 4 is 35.0 Å². The Balaban J connectivity index is 1.54. The summed E-state index contributed by atoms with van der Waals surface area (Å²) in [4.78, 5) is 14.2. The van der Waals surface area contributed by atoms with E-state index >= 15 is 0 Å². The number of aromatic nitrogens is 3. The molecule has 0 saturated carbocycles. The molecular formula is C20H22ClN5OS. The van der Waals surface area contributed by atoms with Gasteiger partial charge in [-0.25, -0.2) is 0 Å². The van der Waals surface area contributed by atoms with Crippen LogP contribution in [0.1, 0.15) is 5.56 Å². The van der Waals surface area contributed by atoms with Crippen molar-refractivity contribution in [1.29, 1.82) is 0 Å². The summed E-state index contributed by atoms with van der Waals surface area (Å²) in [5.74, 6) is 0.892. The van der Waals surface area contributed by atoms with Crippen LogP contribution in [0.2, 0.25) is 5.02 Å². The van der Waals surface area contributed by atoms with Crippen LogP contribution in [0, 0.1) is 0 Å². The van der Waals surface area contributed by atoms with Gasteiger partial charge in [0.15, 0.2) is 11.0 Å². The van der Waals surface area contributed by atoms with Crippen LogP contribution in [0.3, 0.4) is 0 Å². The maximum atomic E-state index is 12.2. The second-order valence-electron chi connectivity index (χ2n) is 6.47. The first-order chi connectivity index (χ1) is 13.5. The highest BCUT2D eigenvalue weighted by molar-refractivity contribution is 7.99. The zero-order valence-corrected chi connectivity index (χ0v) is 17.6. The van der Waals surface area contributed by atoms with E-state index in [1.54, 1.807) is 0 Å². The quantitative estimate of drug-likeness (QED) is 0.597. The fourth-order valence-electron chi connectivity index (χ4n) is 2.61. The number of hydrogen-bond acceptors (Lipinski definition) is 5. The number of nitrogens with one attached hydrogen (secondary N) is 1. The Labute approximate surface area is 173 Å². The molecule has 3 aromatic rings. The van der Waals surface area contributed by atoms with Crippen LogP contribution < -0.4 is 10.2 Å². The lowest BCUT2D eigenvalue weighted by atomic mass is 10.2. The van der Waals surface area contributed by atoms with Gasteiger partial charge in [0.25, 0.3) is 0 Å². The van der Waals surface area contributed by atoms with Crippen molar-refractivity contribution in [3.8, 4) is 11.4 Å². The predicted molar refractivity (Wildman–Crippen MR) is 115 cm³/mol. The van der Waals surface area contributed by atoms with Gasteiger partial charge in [-0.3, -0.25) is 4.79 Å². The molecule has 6 nitrogen and oxygen atoms in total. The zero-order valence-electron chi connectivity index (χ0n) is 16.0. The minimum atomic E-state index is -0.0519. The number of rotatable bonds is 7. The molecule has 0 spiro atoms. The summed E-state index contributed by atoms with van der Waals surface area (Å²) in [6.07, 6.45) is 0. The molecule has 0 bridgehead atoms. The minimum absolute atomic E-state index is 0.0519. The summed E-state index contributed by atoms with van der Waals surface area (Å²) in [7, 11) is 5.86. The Morgan fingerprint density at radius 3 is 2.54 bits per heavy atom. The van der Waals surface area contributed by atoms with E-state index in [1.165, 1.54) is 11.8 Å². The Morgan fingerprint density at radius 1 is 1.14 bits per heavy atom. The van der Waals surface area contributed by atoms with Crippen LogP contribution in [0.25, 0.3) is 11.4 Å². The van der Waals surface area contributed by atoms with E-state index in [9.17, 15) is 4.79 Å². The SMILES string of the molecule is CN(C)c1ccc(CNC(=O)CSc2nnc(-c3ccccc3Cl)n2C)cc1. The van der Waals surface area contributed by atoms with E-state index in [1.807, 2.05) is 79.1 Å². The standard InChI is InChI=1S/C20H22ClN5OS/c1-25(2)15-10-8-14(9-11-15)12-22-18(27)13-28-20-24-23-19(26(20)3)16-6-4-5-7-17(16)21/h4-11H,12-13H2,1-3H3,(H,22,27). The number of amides is 1. The van der Waals surface area contributed by atoms with Gasteiger partial charge < -0.3 is 14.8 Å². The van der Waals surface area contributed by atoms with E-state index in [0.29, 0.717) is 22.5 Å². The molecule has 1 aromatic heterocycles. The van der Waals surface area contributed by atoms with Crippen molar-refractivity contribution in [2.75, 3.05) is 24.7 Å². The van der Waals surface area contributed by atoms with Gasteiger partial charge in [0, 0.05) is 38.9 Å². The Morgan fingerprint density at radius 2 is 1.86 bits per heavy atom. The van der Waals surface area contributed by atoms with Crippen LogP contribution in [0.5, 0.6) is 0 Å². The summed E-state index contributed by atoms with van der Waals surface area (Å²) in [5.41, 5.74) is 3.00. The molecule has 0 aliphatic heterocycles. The molecular weight excluding hydrogens is 394 g/mol. The first kappa shape index (κ1) is 20.2. The number of carbonyl (C=O) groups excluding carboxylic acids is 1. The molecule has 0 unspecified atom stereocenters. The van der Waals surface area contributed by atoms with Gasteiger partial charge in [0.1, 0.15) is 0 Å². The van der Waals surface area contributed by atoms with E-state index in [0.717, 1.165) is 16.8 Å². The van der Waals surface area contributed by atoms with Gasteiger partial charge >= 0.3 is 0 Å². The summed E-state index contributed by atoms with van der Waals surface area (Å²) in [6, 6.07) is 15.6. The number of thioether (sulfide) groups is 1. The Kier molecular flexibility index (Phi) is 6.59. The average molecular weight is 416 g/mol. The molecule has 0 aliphatic carbocycles. The maximum absolute atomic E-state index is 12.2. The smallest absolute Gasteiger partial charge is 0.230 e. The Hall–Kier alpha value is -2.51. The van der Waals surface area contributed by atoms with Gasteiger partial charge in [-0.05, 0) is 29.8 Å². The second-order valence-corrected chi connectivity index (χ2v) is 7.82. The molecule has 1 amide bonds. The monoisotopic (exact) mass is 415 g/mol. The maximum Gasteiger partial charge on any atom is 0.230 e. The molecule has 1 N–H and O–H groups in total. The molecule has 0 fully saturated rings. The average Bonchev–Trinajstić information content (AvgIpc) is 3.05. The second kappa shape index (κ2) is 9.12. The summed E-state index contributed by atoms with van der Waals surface area (Å²) < 4.78 is 1.85. The molecule has 3 rings (SSSR count). The Bertz CT molecular complexity index is 955. The number of benzene rings is 2. The van der Waals surface area contributed by atoms with Crippen LogP contribution in [0.15, 0.2) is 53.7 Å². The number of halogens is 1. The number of nitrogens with zero attached hydrogens (tertiary/aromatic N) is 4. The van der Waals surface area contributed by atoms with Gasteiger partial charge in [-0.15, -0.1) is 10.2 Å². The lowest BCUT2D eigenvalue weighted by Gasteiger charge is -2.12. The molecule has 8 heteroatoms. The van der Waals surface area contributed by atoms with Gasteiger partial charge in [-0.2, -0.15) is 0 Å². The number of carbonyl (C=O) groups is 1. The predicted octanol–water partition coefficient (Wildman–Crippen LogP) is 3.61.